The molecule has 0 fully saturated rings. The normalized spacial score (nSPS) is 13.4. The lowest BCUT2D eigenvalue weighted by molar-refractivity contribution is -0.133. The van der Waals surface area contributed by atoms with Gasteiger partial charge in [-0.2, -0.15) is 0 Å². The van der Waals surface area contributed by atoms with Gasteiger partial charge in [0.15, 0.2) is 0 Å². The molecule has 1 aromatic rings. The standard InChI is InChI=1S/C15H21FN2O3/c1-10(15(21)17-2)9-18(3)14(20)8-13(19)11-5-4-6-12(16)7-11/h4-7,10,13,19H,8-9H2,1-3H3,(H,17,21). The van der Waals surface area contributed by atoms with Crippen LogP contribution >= 0.6 is 0 Å². The van der Waals surface area contributed by atoms with Crippen molar-refractivity contribution in [2.75, 3.05) is 20.6 Å². The summed E-state index contributed by atoms with van der Waals surface area (Å²) in [6, 6.07) is 5.52. The van der Waals surface area contributed by atoms with Crippen LogP contribution in [0.4, 0.5) is 4.39 Å². The lowest BCUT2D eigenvalue weighted by Gasteiger charge is -2.22. The number of aliphatic hydroxyl groups excluding tert-OH is 1. The molecule has 0 aromatic heterocycles. The zero-order valence-electron chi connectivity index (χ0n) is 12.5. The van der Waals surface area contributed by atoms with Crippen molar-refractivity contribution in [3.63, 3.8) is 0 Å². The molecule has 0 heterocycles. The maximum absolute atomic E-state index is 13.1. The summed E-state index contributed by atoms with van der Waals surface area (Å²) in [5.74, 6) is -1.25. The Labute approximate surface area is 123 Å². The molecule has 2 atom stereocenters. The monoisotopic (exact) mass is 296 g/mol. The van der Waals surface area contributed by atoms with E-state index in [4.69, 9.17) is 0 Å². The predicted molar refractivity (Wildman–Crippen MR) is 76.8 cm³/mol. The average Bonchev–Trinajstić information content (AvgIpc) is 2.45. The van der Waals surface area contributed by atoms with Crippen LogP contribution in [0, 0.1) is 11.7 Å². The first-order valence-electron chi connectivity index (χ1n) is 6.74. The van der Waals surface area contributed by atoms with Gasteiger partial charge in [0.2, 0.25) is 11.8 Å². The topological polar surface area (TPSA) is 69.6 Å². The molecule has 0 aliphatic carbocycles. The molecule has 0 aliphatic rings. The third-order valence-corrected chi connectivity index (χ3v) is 3.27. The van der Waals surface area contributed by atoms with Crippen LogP contribution in [0.5, 0.6) is 0 Å². The average molecular weight is 296 g/mol. The first-order chi connectivity index (χ1) is 9.85. The van der Waals surface area contributed by atoms with E-state index in [2.05, 4.69) is 5.32 Å². The van der Waals surface area contributed by atoms with Crippen molar-refractivity contribution in [2.45, 2.75) is 19.4 Å². The summed E-state index contributed by atoms with van der Waals surface area (Å²) in [7, 11) is 3.11. The maximum atomic E-state index is 13.1. The van der Waals surface area contributed by atoms with Crippen LogP contribution in [0.15, 0.2) is 24.3 Å². The fraction of sp³-hybridized carbons (Fsp3) is 0.467. The molecule has 0 saturated heterocycles. The summed E-state index contributed by atoms with van der Waals surface area (Å²) < 4.78 is 13.1. The summed E-state index contributed by atoms with van der Waals surface area (Å²) in [5.41, 5.74) is 0.357. The molecule has 5 nitrogen and oxygen atoms in total. The van der Waals surface area contributed by atoms with Gasteiger partial charge in [0.1, 0.15) is 5.82 Å². The number of benzene rings is 1. The van der Waals surface area contributed by atoms with Crippen LogP contribution in [0.3, 0.4) is 0 Å². The van der Waals surface area contributed by atoms with Gasteiger partial charge >= 0.3 is 0 Å². The molecule has 1 rings (SSSR count). The third-order valence-electron chi connectivity index (χ3n) is 3.27. The number of hydrogen-bond acceptors (Lipinski definition) is 3. The highest BCUT2D eigenvalue weighted by atomic mass is 19.1. The van der Waals surface area contributed by atoms with Crippen molar-refractivity contribution in [1.82, 2.24) is 10.2 Å². The van der Waals surface area contributed by atoms with Crippen LogP contribution in [0.1, 0.15) is 25.0 Å². The summed E-state index contributed by atoms with van der Waals surface area (Å²) in [5, 5.41) is 12.5. The van der Waals surface area contributed by atoms with E-state index in [0.717, 1.165) is 0 Å². The minimum Gasteiger partial charge on any atom is -0.388 e. The Morgan fingerprint density at radius 2 is 2.10 bits per heavy atom. The predicted octanol–water partition coefficient (Wildman–Crippen LogP) is 1.09. The summed E-state index contributed by atoms with van der Waals surface area (Å²) >= 11 is 0. The Balaban J connectivity index is 2.57. The van der Waals surface area contributed by atoms with Gasteiger partial charge in [-0.05, 0) is 17.7 Å². The van der Waals surface area contributed by atoms with Crippen molar-refractivity contribution >= 4 is 11.8 Å². The SMILES string of the molecule is CNC(=O)C(C)CN(C)C(=O)CC(O)c1cccc(F)c1. The van der Waals surface area contributed by atoms with Crippen LogP contribution in [0.25, 0.3) is 0 Å². The maximum Gasteiger partial charge on any atom is 0.225 e. The second kappa shape index (κ2) is 7.73. The molecule has 2 N–H and O–H groups in total. The summed E-state index contributed by atoms with van der Waals surface area (Å²) in [6.45, 7) is 1.97. The minimum absolute atomic E-state index is 0.152. The molecule has 0 aliphatic heterocycles. The number of rotatable bonds is 6. The van der Waals surface area contributed by atoms with E-state index in [1.165, 1.54) is 30.1 Å². The Morgan fingerprint density at radius 3 is 2.67 bits per heavy atom. The Morgan fingerprint density at radius 1 is 1.43 bits per heavy atom. The first-order valence-corrected chi connectivity index (χ1v) is 6.74. The molecular formula is C15H21FN2O3. The molecular weight excluding hydrogens is 275 g/mol. The second-order valence-electron chi connectivity index (χ2n) is 5.06. The highest BCUT2D eigenvalue weighted by Gasteiger charge is 2.20. The first kappa shape index (κ1) is 17.1. The van der Waals surface area contributed by atoms with E-state index in [9.17, 15) is 19.1 Å². The van der Waals surface area contributed by atoms with E-state index < -0.39 is 11.9 Å². The van der Waals surface area contributed by atoms with Gasteiger partial charge in [-0.1, -0.05) is 19.1 Å². The van der Waals surface area contributed by atoms with Crippen molar-refractivity contribution in [2.24, 2.45) is 5.92 Å². The Hall–Kier alpha value is -1.95. The fourth-order valence-corrected chi connectivity index (χ4v) is 1.99. The van der Waals surface area contributed by atoms with E-state index in [-0.39, 0.29) is 30.7 Å². The second-order valence-corrected chi connectivity index (χ2v) is 5.06. The van der Waals surface area contributed by atoms with Gasteiger partial charge in [0, 0.05) is 20.6 Å². The van der Waals surface area contributed by atoms with Crippen LogP contribution in [-0.2, 0) is 9.59 Å². The molecule has 0 radical (unpaired) electrons. The highest BCUT2D eigenvalue weighted by Crippen LogP contribution is 2.18. The number of nitrogens with one attached hydrogen (secondary N) is 1. The third kappa shape index (κ3) is 5.15. The molecule has 0 saturated carbocycles. The zero-order valence-corrected chi connectivity index (χ0v) is 12.5. The molecule has 2 amide bonds. The van der Waals surface area contributed by atoms with E-state index >= 15 is 0 Å². The van der Waals surface area contributed by atoms with Crippen molar-refractivity contribution in [3.05, 3.63) is 35.6 Å². The van der Waals surface area contributed by atoms with Crippen LogP contribution in [-0.4, -0.2) is 42.5 Å². The number of halogens is 1. The lowest BCUT2D eigenvalue weighted by Crippen LogP contribution is -2.37. The van der Waals surface area contributed by atoms with Crippen molar-refractivity contribution < 1.29 is 19.1 Å². The molecule has 1 aromatic carbocycles. The van der Waals surface area contributed by atoms with Gasteiger partial charge in [0.05, 0.1) is 18.4 Å². The summed E-state index contributed by atoms with van der Waals surface area (Å²) in [6.07, 6.45) is -1.22. The van der Waals surface area contributed by atoms with Crippen molar-refractivity contribution in [3.8, 4) is 0 Å². The van der Waals surface area contributed by atoms with Crippen LogP contribution < -0.4 is 5.32 Å². The van der Waals surface area contributed by atoms with E-state index in [0.29, 0.717) is 5.56 Å². The molecule has 21 heavy (non-hydrogen) atoms. The minimum atomic E-state index is -1.06. The van der Waals surface area contributed by atoms with E-state index in [1.807, 2.05) is 0 Å². The lowest BCUT2D eigenvalue weighted by atomic mass is 10.1. The smallest absolute Gasteiger partial charge is 0.225 e. The quantitative estimate of drug-likeness (QED) is 0.825. The van der Waals surface area contributed by atoms with Gasteiger partial charge in [-0.25, -0.2) is 4.39 Å². The molecule has 0 spiro atoms. The molecule has 116 valence electrons. The molecule has 0 bridgehead atoms. The zero-order chi connectivity index (χ0) is 16.0. The number of aliphatic hydroxyl groups is 1. The fourth-order valence-electron chi connectivity index (χ4n) is 1.99. The molecule has 2 unspecified atom stereocenters. The van der Waals surface area contributed by atoms with E-state index in [1.54, 1.807) is 20.0 Å². The van der Waals surface area contributed by atoms with Crippen molar-refractivity contribution in [1.29, 1.82) is 0 Å². The summed E-state index contributed by atoms with van der Waals surface area (Å²) in [4.78, 5) is 24.8. The number of carbonyl (C=O) groups excluding carboxylic acids is 2. The number of amides is 2. The largest absolute Gasteiger partial charge is 0.388 e. The number of carbonyl (C=O) groups is 2. The highest BCUT2D eigenvalue weighted by molar-refractivity contribution is 5.80. The van der Waals surface area contributed by atoms with Gasteiger partial charge in [-0.15, -0.1) is 0 Å². The number of hydrogen-bond donors (Lipinski definition) is 2. The van der Waals surface area contributed by atoms with Gasteiger partial charge in [-0.3, -0.25) is 9.59 Å². The van der Waals surface area contributed by atoms with Gasteiger partial charge in [0.25, 0.3) is 0 Å². The van der Waals surface area contributed by atoms with Gasteiger partial charge < -0.3 is 15.3 Å². The number of nitrogens with zero attached hydrogens (tertiary/aromatic N) is 1. The Kier molecular flexibility index (Phi) is 6.30. The van der Waals surface area contributed by atoms with Crippen LogP contribution in [0.2, 0.25) is 0 Å². The molecule has 6 heteroatoms. The Bertz CT molecular complexity index is 507.